The summed E-state index contributed by atoms with van der Waals surface area (Å²) < 4.78 is 15.9. The number of carbonyl (C=O) groups is 1. The summed E-state index contributed by atoms with van der Waals surface area (Å²) in [5.41, 5.74) is 0.244. The maximum absolute atomic E-state index is 12.6. The van der Waals surface area contributed by atoms with Gasteiger partial charge in [-0.3, -0.25) is 4.89 Å². The lowest BCUT2D eigenvalue weighted by Crippen LogP contribution is -2.18. The van der Waals surface area contributed by atoms with E-state index >= 15 is 0 Å². The summed E-state index contributed by atoms with van der Waals surface area (Å²) in [5, 5.41) is 0. The number of carbonyl (C=O) groups excluding carboxylic acids is 1. The van der Waals surface area contributed by atoms with Crippen molar-refractivity contribution in [3.63, 3.8) is 0 Å². The molecule has 6 heteroatoms. The molecule has 0 amide bonds. The molecule has 0 radical (unpaired) electrons. The monoisotopic (exact) mass is 394 g/mol. The van der Waals surface area contributed by atoms with Gasteiger partial charge in [0.25, 0.3) is 0 Å². The van der Waals surface area contributed by atoms with Gasteiger partial charge >= 0.3 is 5.97 Å². The van der Waals surface area contributed by atoms with Crippen molar-refractivity contribution < 1.29 is 28.8 Å². The number of methoxy groups -OCH3 is 3. The van der Waals surface area contributed by atoms with E-state index in [0.29, 0.717) is 11.5 Å². The highest BCUT2D eigenvalue weighted by molar-refractivity contribution is 5.93. The summed E-state index contributed by atoms with van der Waals surface area (Å²) >= 11 is 0. The molecule has 0 aromatic heterocycles. The SMILES string of the molecule is COc1ccc(C(=O)OOC2CCCCCCCCCCC2)c(OC)c1OC. The molecule has 2 rings (SSSR count). The van der Waals surface area contributed by atoms with E-state index < -0.39 is 5.97 Å². The predicted molar refractivity (Wildman–Crippen MR) is 107 cm³/mol. The standard InChI is InChI=1S/C22H34O6/c1-24-19-16-15-18(20(25-2)21(19)26-3)22(23)28-27-17-13-11-9-7-5-4-6-8-10-12-14-17/h15-17H,4-14H2,1-3H3. The fourth-order valence-electron chi connectivity index (χ4n) is 3.64. The molecule has 1 aromatic carbocycles. The van der Waals surface area contributed by atoms with Crippen molar-refractivity contribution >= 4 is 5.97 Å². The summed E-state index contributed by atoms with van der Waals surface area (Å²) in [4.78, 5) is 23.3. The van der Waals surface area contributed by atoms with Gasteiger partial charge in [-0.05, 0) is 25.0 Å². The van der Waals surface area contributed by atoms with E-state index in [2.05, 4.69) is 0 Å². The van der Waals surface area contributed by atoms with Crippen molar-refractivity contribution in [3.05, 3.63) is 17.7 Å². The quantitative estimate of drug-likeness (QED) is 0.471. The van der Waals surface area contributed by atoms with Crippen molar-refractivity contribution in [2.75, 3.05) is 21.3 Å². The zero-order chi connectivity index (χ0) is 20.2. The van der Waals surface area contributed by atoms with Crippen molar-refractivity contribution in [3.8, 4) is 17.2 Å². The van der Waals surface area contributed by atoms with Crippen molar-refractivity contribution in [2.45, 2.75) is 76.7 Å². The fraction of sp³-hybridized carbons (Fsp3) is 0.682. The van der Waals surface area contributed by atoms with Crippen molar-refractivity contribution in [1.82, 2.24) is 0 Å². The van der Waals surface area contributed by atoms with Gasteiger partial charge in [0.1, 0.15) is 11.7 Å². The normalized spacial score (nSPS) is 17.1. The molecule has 0 unspecified atom stereocenters. The fourth-order valence-corrected chi connectivity index (χ4v) is 3.64. The minimum absolute atomic E-state index is 0.0606. The Balaban J connectivity index is 1.98. The molecule has 0 spiro atoms. The van der Waals surface area contributed by atoms with Crippen molar-refractivity contribution in [2.24, 2.45) is 0 Å². The first-order valence-electron chi connectivity index (χ1n) is 10.4. The van der Waals surface area contributed by atoms with E-state index in [1.54, 1.807) is 12.1 Å². The molecule has 1 aliphatic carbocycles. The smallest absolute Gasteiger partial charge is 0.376 e. The minimum Gasteiger partial charge on any atom is -0.493 e. The van der Waals surface area contributed by atoms with Crippen LogP contribution in [0.4, 0.5) is 0 Å². The van der Waals surface area contributed by atoms with E-state index in [1.807, 2.05) is 0 Å². The number of benzene rings is 1. The molecule has 28 heavy (non-hydrogen) atoms. The lowest BCUT2D eigenvalue weighted by molar-refractivity contribution is -0.277. The average molecular weight is 395 g/mol. The van der Waals surface area contributed by atoms with Gasteiger partial charge in [0.15, 0.2) is 11.5 Å². The molecular formula is C22H34O6. The third kappa shape index (κ3) is 6.59. The van der Waals surface area contributed by atoms with Crippen LogP contribution in [0.5, 0.6) is 17.2 Å². The van der Waals surface area contributed by atoms with E-state index in [0.717, 1.165) is 25.7 Å². The van der Waals surface area contributed by atoms with Crippen LogP contribution in [0.2, 0.25) is 0 Å². The topological polar surface area (TPSA) is 63.2 Å². The minimum atomic E-state index is -0.594. The maximum atomic E-state index is 12.6. The van der Waals surface area contributed by atoms with Crippen LogP contribution in [0.15, 0.2) is 12.1 Å². The third-order valence-electron chi connectivity index (χ3n) is 5.24. The summed E-state index contributed by atoms with van der Waals surface area (Å²) in [5.74, 6) is 0.514. The van der Waals surface area contributed by atoms with Gasteiger partial charge in [-0.25, -0.2) is 4.79 Å². The summed E-state index contributed by atoms with van der Waals surface area (Å²) in [6.45, 7) is 0. The van der Waals surface area contributed by atoms with Crippen LogP contribution < -0.4 is 14.2 Å². The number of hydrogen-bond donors (Lipinski definition) is 0. The lowest BCUT2D eigenvalue weighted by atomic mass is 9.99. The molecule has 0 saturated heterocycles. The molecule has 158 valence electrons. The Morgan fingerprint density at radius 3 is 1.79 bits per heavy atom. The zero-order valence-electron chi connectivity index (χ0n) is 17.5. The van der Waals surface area contributed by atoms with Gasteiger partial charge < -0.3 is 14.2 Å². The largest absolute Gasteiger partial charge is 0.493 e. The number of rotatable bonds is 6. The molecule has 1 fully saturated rings. The second-order valence-electron chi connectivity index (χ2n) is 7.23. The first-order valence-corrected chi connectivity index (χ1v) is 10.4. The Labute approximate surface area is 168 Å². The summed E-state index contributed by atoms with van der Waals surface area (Å²) in [7, 11) is 4.50. The summed E-state index contributed by atoms with van der Waals surface area (Å²) in [6.07, 6.45) is 12.9. The highest BCUT2D eigenvalue weighted by atomic mass is 17.2. The first-order chi connectivity index (χ1) is 13.7. The third-order valence-corrected chi connectivity index (χ3v) is 5.24. The Kier molecular flexibility index (Phi) is 9.97. The Morgan fingerprint density at radius 1 is 0.750 bits per heavy atom. The molecule has 1 saturated carbocycles. The van der Waals surface area contributed by atoms with Gasteiger partial charge in [0, 0.05) is 0 Å². The van der Waals surface area contributed by atoms with Gasteiger partial charge in [-0.15, -0.1) is 0 Å². The van der Waals surface area contributed by atoms with Crippen LogP contribution in [0.1, 0.15) is 81.0 Å². The average Bonchev–Trinajstić information content (AvgIpc) is 2.71. The molecule has 0 aliphatic heterocycles. The van der Waals surface area contributed by atoms with Gasteiger partial charge in [-0.2, -0.15) is 4.89 Å². The predicted octanol–water partition coefficient (Wildman–Crippen LogP) is 5.47. The van der Waals surface area contributed by atoms with Crippen LogP contribution in [-0.2, 0) is 9.78 Å². The first kappa shape index (κ1) is 22.3. The van der Waals surface area contributed by atoms with E-state index in [4.69, 9.17) is 24.0 Å². The van der Waals surface area contributed by atoms with Gasteiger partial charge in [0.2, 0.25) is 5.75 Å². The van der Waals surface area contributed by atoms with Crippen LogP contribution >= 0.6 is 0 Å². The Hall–Kier alpha value is -1.95. The number of hydrogen-bond acceptors (Lipinski definition) is 6. The molecular weight excluding hydrogens is 360 g/mol. The van der Waals surface area contributed by atoms with Crippen molar-refractivity contribution in [1.29, 1.82) is 0 Å². The van der Waals surface area contributed by atoms with Gasteiger partial charge in [-0.1, -0.05) is 57.8 Å². The van der Waals surface area contributed by atoms with E-state index in [9.17, 15) is 4.79 Å². The maximum Gasteiger partial charge on any atom is 0.376 e. The highest BCUT2D eigenvalue weighted by Crippen LogP contribution is 2.40. The van der Waals surface area contributed by atoms with Crippen LogP contribution in [0, 0.1) is 0 Å². The van der Waals surface area contributed by atoms with Gasteiger partial charge in [0.05, 0.1) is 21.3 Å². The zero-order valence-corrected chi connectivity index (χ0v) is 17.5. The molecule has 0 atom stereocenters. The summed E-state index contributed by atoms with van der Waals surface area (Å²) in [6, 6.07) is 3.24. The molecule has 0 heterocycles. The number of ether oxygens (including phenoxy) is 3. The molecule has 6 nitrogen and oxygen atoms in total. The van der Waals surface area contributed by atoms with E-state index in [-0.39, 0.29) is 17.4 Å². The van der Waals surface area contributed by atoms with Crippen LogP contribution in [-0.4, -0.2) is 33.4 Å². The Morgan fingerprint density at radius 2 is 1.29 bits per heavy atom. The second-order valence-corrected chi connectivity index (χ2v) is 7.23. The molecule has 1 aromatic rings. The van der Waals surface area contributed by atoms with E-state index in [1.165, 1.54) is 66.3 Å². The molecule has 0 bridgehead atoms. The molecule has 1 aliphatic rings. The second kappa shape index (κ2) is 12.5. The highest BCUT2D eigenvalue weighted by Gasteiger charge is 2.23. The molecule has 0 N–H and O–H groups in total. The van der Waals surface area contributed by atoms with Crippen LogP contribution in [0.25, 0.3) is 0 Å². The Bertz CT molecular complexity index is 589. The van der Waals surface area contributed by atoms with Crippen LogP contribution in [0.3, 0.4) is 0 Å². The lowest BCUT2D eigenvalue weighted by Gasteiger charge is -2.18.